The van der Waals surface area contributed by atoms with E-state index < -0.39 is 139 Å². The lowest BCUT2D eigenvalue weighted by Crippen LogP contribution is -2.68. The van der Waals surface area contributed by atoms with Gasteiger partial charge in [0.15, 0.2) is 18.7 Å². The minimum absolute atomic E-state index is 0.00524. The van der Waals surface area contributed by atoms with Gasteiger partial charge in [0, 0.05) is 30.6 Å². The van der Waals surface area contributed by atoms with Gasteiger partial charge in [0.05, 0.1) is 33.5 Å². The maximum Gasteiger partial charge on any atom is 0.337 e. The highest BCUT2D eigenvalue weighted by Crippen LogP contribution is 2.40. The van der Waals surface area contributed by atoms with Crippen molar-refractivity contribution in [2.75, 3.05) is 20.3 Å². The Hall–Kier alpha value is -6.64. The molecule has 0 aromatic heterocycles. The van der Waals surface area contributed by atoms with E-state index in [4.69, 9.17) is 107 Å². The Morgan fingerprint density at radius 2 is 0.928 bits per heavy atom. The summed E-state index contributed by atoms with van der Waals surface area (Å²) in [7, 11) is 1.08. The number of carbonyl (C=O) groups is 4. The Kier molecular flexibility index (Phi) is 24.1. The summed E-state index contributed by atoms with van der Waals surface area (Å²) in [6.07, 6.45) is -20.7. The number of nitrogens with zero attached hydrogens (tertiary/aromatic N) is 6. The van der Waals surface area contributed by atoms with Crippen LogP contribution in [0.15, 0.2) is 132 Å². The highest BCUT2D eigenvalue weighted by Gasteiger charge is 2.59. The molecular weight excluding hydrogens is 1150 g/mol. The van der Waals surface area contributed by atoms with Crippen molar-refractivity contribution in [1.29, 1.82) is 5.41 Å². The van der Waals surface area contributed by atoms with Gasteiger partial charge in [-0.25, -0.2) is 4.79 Å². The molecule has 3 aliphatic heterocycles. The molecule has 7 rings (SSSR count). The predicted molar refractivity (Wildman–Crippen MR) is 292 cm³/mol. The van der Waals surface area contributed by atoms with Gasteiger partial charge in [0.1, 0.15) is 80.2 Å². The van der Waals surface area contributed by atoms with E-state index in [0.717, 1.165) is 32.1 Å². The quantitative estimate of drug-likeness (QED) is 0.00954. The molecule has 1 N–H and O–H groups in total. The maximum absolute atomic E-state index is 14.5. The monoisotopic (exact) mass is 1210 g/mol. The normalized spacial score (nSPS) is 27.8. The van der Waals surface area contributed by atoms with Crippen LogP contribution in [0.2, 0.25) is 0 Å². The fourth-order valence-corrected chi connectivity index (χ4v) is 9.34. The smallest absolute Gasteiger partial charge is 0.337 e. The maximum atomic E-state index is 14.5. The van der Waals surface area contributed by atoms with E-state index in [-0.39, 0.29) is 26.4 Å². The molecule has 25 nitrogen and oxygen atoms in total. The lowest BCUT2D eigenvalue weighted by molar-refractivity contribution is -0.370. The summed E-state index contributed by atoms with van der Waals surface area (Å²) in [5, 5.41) is 16.3. The fraction of sp³-hybridized carbons (Fsp3) is 0.473. The first-order chi connectivity index (χ1) is 40.0. The second-order valence-electron chi connectivity index (χ2n) is 18.8. The average Bonchev–Trinajstić information content (AvgIpc) is 3.63. The van der Waals surface area contributed by atoms with Crippen molar-refractivity contribution < 1.29 is 85.5 Å². The third-order valence-corrected chi connectivity index (χ3v) is 13.5. The number of azide groups is 2. The first-order valence-corrected chi connectivity index (χ1v) is 26.9. The average molecular weight is 1210 g/mol. The molecule has 4 aromatic carbocycles. The van der Waals surface area contributed by atoms with Gasteiger partial charge in [-0.15, -0.1) is 0 Å². The van der Waals surface area contributed by atoms with E-state index in [0.29, 0.717) is 11.1 Å². The van der Waals surface area contributed by atoms with Crippen LogP contribution >= 0.6 is 34.8 Å². The first-order valence-electron chi connectivity index (χ1n) is 25.8. The third-order valence-electron chi connectivity index (χ3n) is 12.9. The molecule has 1 unspecified atom stereocenters. The molecule has 0 spiro atoms. The Morgan fingerprint density at radius 1 is 0.518 bits per heavy atom. The lowest BCUT2D eigenvalue weighted by Gasteiger charge is -2.50. The van der Waals surface area contributed by atoms with Gasteiger partial charge in [-0.2, -0.15) is 0 Å². The molecule has 83 heavy (non-hydrogen) atoms. The van der Waals surface area contributed by atoms with Gasteiger partial charge in [-0.1, -0.05) is 166 Å². The minimum atomic E-state index is -2.48. The van der Waals surface area contributed by atoms with Gasteiger partial charge in [-0.05, 0) is 33.3 Å². The number of rotatable bonds is 25. The molecule has 3 heterocycles. The Balaban J connectivity index is 1.36. The van der Waals surface area contributed by atoms with E-state index in [1.54, 1.807) is 60.7 Å². The van der Waals surface area contributed by atoms with Crippen LogP contribution in [0.4, 0.5) is 0 Å². The molecule has 0 bridgehead atoms. The van der Waals surface area contributed by atoms with Gasteiger partial charge in [0.2, 0.25) is 12.2 Å². The Bertz CT molecular complexity index is 2860. The molecule has 0 radical (unpaired) electrons. The molecular formula is C55H60Cl3N7O18. The summed E-state index contributed by atoms with van der Waals surface area (Å²) >= 11 is 17.9. The number of halogens is 3. The molecule has 0 amide bonds. The van der Waals surface area contributed by atoms with Crippen molar-refractivity contribution in [3.63, 3.8) is 0 Å². The largest absolute Gasteiger partial charge is 0.467 e. The predicted octanol–water partition coefficient (Wildman–Crippen LogP) is 8.23. The zero-order chi connectivity index (χ0) is 59.5. The number of benzene rings is 4. The van der Waals surface area contributed by atoms with Gasteiger partial charge in [-0.3, -0.25) is 19.8 Å². The molecule has 3 fully saturated rings. The van der Waals surface area contributed by atoms with E-state index in [2.05, 4.69) is 20.1 Å². The van der Waals surface area contributed by atoms with Crippen LogP contribution in [0.3, 0.4) is 0 Å². The van der Waals surface area contributed by atoms with E-state index in [1.807, 2.05) is 60.7 Å². The Morgan fingerprint density at radius 3 is 1.36 bits per heavy atom. The van der Waals surface area contributed by atoms with Crippen molar-refractivity contribution in [1.82, 2.24) is 0 Å². The number of carbonyl (C=O) groups excluding carboxylic acids is 4. The van der Waals surface area contributed by atoms with Crippen LogP contribution in [0.1, 0.15) is 43.0 Å². The number of methoxy groups -OCH3 is 1. The summed E-state index contributed by atoms with van der Waals surface area (Å²) < 4.78 is 85.3. The van der Waals surface area contributed by atoms with Crippen LogP contribution < -0.4 is 0 Å². The molecule has 15 atom stereocenters. The van der Waals surface area contributed by atoms with Gasteiger partial charge in [0.25, 0.3) is 3.79 Å². The molecule has 28 heteroatoms. The molecule has 3 saturated heterocycles. The zero-order valence-electron chi connectivity index (χ0n) is 45.1. The highest BCUT2D eigenvalue weighted by atomic mass is 35.6. The molecule has 0 saturated carbocycles. The van der Waals surface area contributed by atoms with Crippen molar-refractivity contribution in [2.24, 2.45) is 10.2 Å². The number of alkyl halides is 3. The van der Waals surface area contributed by atoms with Crippen molar-refractivity contribution in [2.45, 2.75) is 143 Å². The minimum Gasteiger partial charge on any atom is -0.467 e. The van der Waals surface area contributed by atoms with Crippen LogP contribution in [0, 0.1) is 5.41 Å². The highest BCUT2D eigenvalue weighted by molar-refractivity contribution is 6.76. The first kappa shape index (κ1) is 63.9. The lowest BCUT2D eigenvalue weighted by atomic mass is 9.94. The third kappa shape index (κ3) is 18.2. The zero-order valence-corrected chi connectivity index (χ0v) is 47.4. The molecule has 0 aliphatic carbocycles. The van der Waals surface area contributed by atoms with Crippen LogP contribution in [0.25, 0.3) is 20.9 Å². The molecule has 4 aromatic rings. The second-order valence-corrected chi connectivity index (χ2v) is 21.1. The van der Waals surface area contributed by atoms with Crippen molar-refractivity contribution in [3.8, 4) is 0 Å². The Labute approximate surface area is 491 Å². The summed E-state index contributed by atoms with van der Waals surface area (Å²) in [4.78, 5) is 58.7. The summed E-state index contributed by atoms with van der Waals surface area (Å²) in [6.45, 7) is 1.81. The van der Waals surface area contributed by atoms with Crippen molar-refractivity contribution >= 4 is 64.6 Å². The van der Waals surface area contributed by atoms with Crippen LogP contribution in [-0.4, -0.2) is 146 Å². The van der Waals surface area contributed by atoms with E-state index in [9.17, 15) is 30.2 Å². The second kappa shape index (κ2) is 31.3. The number of nitrogens with one attached hydrogen (secondary N) is 1. The topological polar surface area (TPSA) is 319 Å². The standard InChI is InChI=1S/C55H60Cl3N7O18/c1-31(66)71-29-38-42(73-25-34-17-9-5-10-18-34)44(74-26-35-19-11-6-12-20-35)40(62-64-60)51(78-38)81-47-46(75-27-36-21-13-7-14-22-36)49(76-28-37-23-15-8-16-24-37)53(82-48(47)50(69)70-4)80-43-39(30-72-32(2)67)79-52(83-54(59)55(56,57)58)41(63-65-61)45(43)77-33(3)68/h5-24,38-49,51-53,59H,25-30H2,1-4H3/t38-,39-,40-,41-,42-,43-,44-,45-,46+,47+,48+,49-,51-,52?,53-/m1/s1. The molecule has 444 valence electrons. The SMILES string of the molecule is COC(=O)[C@H]1O[C@@H](O[C@H]2[C@H](OC(C)=O)[C@@H](N=[N+]=[N-])C(OC(=N)C(Cl)(Cl)Cl)O[C@@H]2COC(C)=O)[C@H](OCc2ccccc2)[C@@H](OCc2ccccc2)[C@@H]1O[C@H]1O[C@H](COC(C)=O)[C@@H](OCc2ccccc2)[C@H](OCc2ccccc2)[C@H]1N=[N+]=[N-]. The van der Waals surface area contributed by atoms with Crippen molar-refractivity contribution in [3.05, 3.63) is 164 Å². The number of hydrogen-bond acceptors (Lipinski definition) is 21. The van der Waals surface area contributed by atoms with Gasteiger partial charge < -0.3 is 66.3 Å². The number of hydrogen-bond donors (Lipinski definition) is 1. The number of esters is 4. The summed E-state index contributed by atoms with van der Waals surface area (Å²) in [6, 6.07) is 32.8. The van der Waals surface area contributed by atoms with Crippen LogP contribution in [-0.2, 0) is 112 Å². The van der Waals surface area contributed by atoms with Crippen LogP contribution in [0.5, 0.6) is 0 Å². The summed E-state index contributed by atoms with van der Waals surface area (Å²) in [5.74, 6) is -4.50. The summed E-state index contributed by atoms with van der Waals surface area (Å²) in [5.41, 5.74) is 23.0. The van der Waals surface area contributed by atoms with E-state index in [1.165, 1.54) is 6.92 Å². The van der Waals surface area contributed by atoms with E-state index >= 15 is 0 Å². The van der Waals surface area contributed by atoms with Gasteiger partial charge >= 0.3 is 23.9 Å². The molecule has 3 aliphatic rings. The fourth-order valence-electron chi connectivity index (χ4n) is 9.21. The number of ether oxygens (including phenoxy) is 14.